The Labute approximate surface area is 199 Å². The van der Waals surface area contributed by atoms with Crippen molar-refractivity contribution in [1.82, 2.24) is 4.31 Å². The second-order valence-electron chi connectivity index (χ2n) is 8.12. The zero-order valence-electron chi connectivity index (χ0n) is 18.7. The van der Waals surface area contributed by atoms with Gasteiger partial charge < -0.3 is 5.32 Å². The highest BCUT2D eigenvalue weighted by molar-refractivity contribution is 7.92. The molecule has 0 radical (unpaired) electrons. The SMILES string of the molecule is CN(c1ccccc1)S(=O)(=O)c1cccc(NC(=O)C2Cc3ccccc3CN2S(C)(=O)=O)c1. The lowest BCUT2D eigenvalue weighted by atomic mass is 9.95. The van der Waals surface area contributed by atoms with Gasteiger partial charge in [0, 0.05) is 19.3 Å². The van der Waals surface area contributed by atoms with Crippen LogP contribution < -0.4 is 9.62 Å². The Morgan fingerprint density at radius 1 is 0.912 bits per heavy atom. The molecule has 8 nitrogen and oxygen atoms in total. The highest BCUT2D eigenvalue weighted by Crippen LogP contribution is 2.27. The summed E-state index contributed by atoms with van der Waals surface area (Å²) < 4.78 is 53.4. The zero-order chi connectivity index (χ0) is 24.5. The third kappa shape index (κ3) is 4.84. The predicted molar refractivity (Wildman–Crippen MR) is 131 cm³/mol. The van der Waals surface area contributed by atoms with E-state index in [1.165, 1.54) is 29.6 Å². The monoisotopic (exact) mass is 499 g/mol. The second-order valence-corrected chi connectivity index (χ2v) is 12.0. The maximum Gasteiger partial charge on any atom is 0.264 e. The van der Waals surface area contributed by atoms with Crippen molar-refractivity contribution in [3.8, 4) is 0 Å². The molecule has 0 bridgehead atoms. The van der Waals surface area contributed by atoms with Crippen LogP contribution in [0, 0.1) is 0 Å². The quantitative estimate of drug-likeness (QED) is 0.562. The van der Waals surface area contributed by atoms with E-state index in [9.17, 15) is 21.6 Å². The Balaban J connectivity index is 1.60. The lowest BCUT2D eigenvalue weighted by molar-refractivity contribution is -0.120. The van der Waals surface area contributed by atoms with Gasteiger partial charge in [0.15, 0.2) is 0 Å². The number of nitrogens with one attached hydrogen (secondary N) is 1. The van der Waals surface area contributed by atoms with E-state index in [4.69, 9.17) is 0 Å². The van der Waals surface area contributed by atoms with Crippen LogP contribution in [0.15, 0.2) is 83.8 Å². The summed E-state index contributed by atoms with van der Waals surface area (Å²) in [4.78, 5) is 13.2. The summed E-state index contributed by atoms with van der Waals surface area (Å²) in [6.07, 6.45) is 1.30. The molecular weight excluding hydrogens is 474 g/mol. The highest BCUT2D eigenvalue weighted by atomic mass is 32.2. The van der Waals surface area contributed by atoms with Crippen LogP contribution in [0.3, 0.4) is 0 Å². The molecule has 0 fully saturated rings. The van der Waals surface area contributed by atoms with Crippen molar-refractivity contribution in [3.05, 3.63) is 90.0 Å². The molecule has 1 heterocycles. The van der Waals surface area contributed by atoms with Gasteiger partial charge in [-0.3, -0.25) is 9.10 Å². The van der Waals surface area contributed by atoms with E-state index in [1.54, 1.807) is 36.4 Å². The molecule has 1 unspecified atom stereocenters. The number of rotatable bonds is 6. The van der Waals surface area contributed by atoms with Gasteiger partial charge in [-0.05, 0) is 47.9 Å². The molecule has 1 atom stereocenters. The van der Waals surface area contributed by atoms with Gasteiger partial charge in [-0.25, -0.2) is 16.8 Å². The summed E-state index contributed by atoms with van der Waals surface area (Å²) in [5.74, 6) is -0.522. The number of sulfonamides is 2. The van der Waals surface area contributed by atoms with Gasteiger partial charge in [0.25, 0.3) is 10.0 Å². The largest absolute Gasteiger partial charge is 0.325 e. The molecule has 1 N–H and O–H groups in total. The Hall–Kier alpha value is -3.21. The van der Waals surface area contributed by atoms with Crippen molar-refractivity contribution in [3.63, 3.8) is 0 Å². The maximum atomic E-state index is 13.2. The number of hydrogen-bond donors (Lipinski definition) is 1. The van der Waals surface area contributed by atoms with Crippen LogP contribution in [0.1, 0.15) is 11.1 Å². The topological polar surface area (TPSA) is 104 Å². The van der Waals surface area contributed by atoms with Crippen molar-refractivity contribution in [2.24, 2.45) is 0 Å². The molecule has 4 rings (SSSR count). The van der Waals surface area contributed by atoms with Crippen molar-refractivity contribution < 1.29 is 21.6 Å². The number of nitrogens with zero attached hydrogens (tertiary/aromatic N) is 2. The van der Waals surface area contributed by atoms with Crippen LogP contribution >= 0.6 is 0 Å². The molecule has 34 heavy (non-hydrogen) atoms. The molecule has 0 saturated heterocycles. The third-order valence-electron chi connectivity index (χ3n) is 5.81. The van der Waals surface area contributed by atoms with E-state index in [0.29, 0.717) is 5.69 Å². The fraction of sp³-hybridized carbons (Fsp3) is 0.208. The fourth-order valence-electron chi connectivity index (χ4n) is 3.97. The van der Waals surface area contributed by atoms with Crippen LogP contribution in [-0.4, -0.2) is 46.4 Å². The average Bonchev–Trinajstić information content (AvgIpc) is 2.83. The van der Waals surface area contributed by atoms with E-state index in [0.717, 1.165) is 21.7 Å². The van der Waals surface area contributed by atoms with Gasteiger partial charge in [-0.2, -0.15) is 4.31 Å². The Kier molecular flexibility index (Phi) is 6.48. The van der Waals surface area contributed by atoms with Crippen LogP contribution in [0.5, 0.6) is 0 Å². The van der Waals surface area contributed by atoms with Crippen molar-refractivity contribution >= 4 is 37.3 Å². The number of para-hydroxylation sites is 1. The number of carbonyl (C=O) groups excluding carboxylic acids is 1. The standard InChI is InChI=1S/C24H25N3O5S2/c1-26(21-12-4-3-5-13-21)34(31,32)22-14-8-11-20(16-22)25-24(28)23-15-18-9-6-7-10-19(18)17-27(23)33(2,29)30/h3-14,16,23H,15,17H2,1-2H3,(H,25,28). The molecule has 0 spiro atoms. The van der Waals surface area contributed by atoms with Crippen LogP contribution in [0.4, 0.5) is 11.4 Å². The van der Waals surface area contributed by atoms with E-state index in [1.807, 2.05) is 24.3 Å². The summed E-state index contributed by atoms with van der Waals surface area (Å²) in [5.41, 5.74) is 2.53. The summed E-state index contributed by atoms with van der Waals surface area (Å²) in [5, 5.41) is 2.71. The number of hydrogen-bond acceptors (Lipinski definition) is 5. The molecule has 10 heteroatoms. The molecule has 1 amide bonds. The second kappa shape index (κ2) is 9.21. The van der Waals surface area contributed by atoms with Gasteiger partial charge in [-0.1, -0.05) is 48.5 Å². The highest BCUT2D eigenvalue weighted by Gasteiger charge is 2.37. The van der Waals surface area contributed by atoms with E-state index in [-0.39, 0.29) is 23.5 Å². The molecule has 3 aromatic rings. The molecule has 0 aromatic heterocycles. The summed E-state index contributed by atoms with van der Waals surface area (Å²) >= 11 is 0. The Bertz CT molecular complexity index is 1420. The van der Waals surface area contributed by atoms with Crippen molar-refractivity contribution in [2.45, 2.75) is 23.9 Å². The zero-order valence-corrected chi connectivity index (χ0v) is 20.4. The third-order valence-corrected chi connectivity index (χ3v) is 8.83. The first kappa shape index (κ1) is 23.9. The van der Waals surface area contributed by atoms with E-state index >= 15 is 0 Å². The van der Waals surface area contributed by atoms with Crippen molar-refractivity contribution in [2.75, 3.05) is 22.9 Å². The lowest BCUT2D eigenvalue weighted by Gasteiger charge is -2.34. The Morgan fingerprint density at radius 2 is 1.56 bits per heavy atom. The number of benzene rings is 3. The van der Waals surface area contributed by atoms with E-state index < -0.39 is 32.0 Å². The van der Waals surface area contributed by atoms with Crippen LogP contribution in [0.2, 0.25) is 0 Å². The first-order valence-corrected chi connectivity index (χ1v) is 13.8. The van der Waals surface area contributed by atoms with Gasteiger partial charge >= 0.3 is 0 Å². The summed E-state index contributed by atoms with van der Waals surface area (Å²) in [7, 11) is -6.07. The van der Waals surface area contributed by atoms with Crippen LogP contribution in [0.25, 0.3) is 0 Å². The smallest absolute Gasteiger partial charge is 0.264 e. The minimum absolute atomic E-state index is 0.00520. The average molecular weight is 500 g/mol. The van der Waals surface area contributed by atoms with Crippen LogP contribution in [-0.2, 0) is 37.8 Å². The molecule has 0 saturated carbocycles. The van der Waals surface area contributed by atoms with Crippen molar-refractivity contribution in [1.29, 1.82) is 0 Å². The normalized spacial score (nSPS) is 16.5. The van der Waals surface area contributed by atoms with E-state index in [2.05, 4.69) is 5.32 Å². The first-order valence-electron chi connectivity index (χ1n) is 10.6. The van der Waals surface area contributed by atoms with Gasteiger partial charge in [0.2, 0.25) is 15.9 Å². The first-order chi connectivity index (χ1) is 16.1. The Morgan fingerprint density at radius 3 is 2.24 bits per heavy atom. The predicted octanol–water partition coefficient (Wildman–Crippen LogP) is 2.84. The number of amides is 1. The minimum atomic E-state index is -3.87. The molecule has 178 valence electrons. The molecule has 3 aromatic carbocycles. The summed E-state index contributed by atoms with van der Waals surface area (Å²) in [6, 6.07) is 21.0. The molecule has 1 aliphatic heterocycles. The van der Waals surface area contributed by atoms with Gasteiger partial charge in [0.05, 0.1) is 16.8 Å². The minimum Gasteiger partial charge on any atom is -0.325 e. The van der Waals surface area contributed by atoms with Gasteiger partial charge in [-0.15, -0.1) is 0 Å². The fourth-order valence-corrected chi connectivity index (χ4v) is 6.21. The maximum absolute atomic E-state index is 13.2. The summed E-state index contributed by atoms with van der Waals surface area (Å²) in [6.45, 7) is 0.101. The lowest BCUT2D eigenvalue weighted by Crippen LogP contribution is -2.50. The molecular formula is C24H25N3O5S2. The molecule has 1 aliphatic rings. The number of fused-ring (bicyclic) bond motifs is 1. The number of anilines is 2. The van der Waals surface area contributed by atoms with Gasteiger partial charge in [0.1, 0.15) is 6.04 Å². The number of carbonyl (C=O) groups is 1. The molecule has 0 aliphatic carbocycles.